The first-order valence-electron chi connectivity index (χ1n) is 6.43. The number of nitrogens with one attached hydrogen (secondary N) is 1. The SMILES string of the molecule is CC(C)(C)NCC(O)COCc1cc(O)c(O)c(O)c1. The van der Waals surface area contributed by atoms with E-state index in [4.69, 9.17) is 4.74 Å². The van der Waals surface area contributed by atoms with Gasteiger partial charge in [-0.3, -0.25) is 0 Å². The molecule has 20 heavy (non-hydrogen) atoms. The fraction of sp³-hybridized carbons (Fsp3) is 0.571. The number of hydrogen-bond acceptors (Lipinski definition) is 6. The van der Waals surface area contributed by atoms with Crippen LogP contribution in [0.1, 0.15) is 26.3 Å². The van der Waals surface area contributed by atoms with Crippen molar-refractivity contribution in [2.45, 2.75) is 39.0 Å². The summed E-state index contributed by atoms with van der Waals surface area (Å²) in [5, 5.41) is 40.7. The Bertz CT molecular complexity index is 419. The standard InChI is InChI=1S/C14H23NO5/c1-14(2,3)15-6-10(16)8-20-7-9-4-11(17)13(19)12(18)5-9/h4-5,10,15-19H,6-8H2,1-3H3. The van der Waals surface area contributed by atoms with Crippen LogP contribution in [0, 0.1) is 0 Å². The summed E-state index contributed by atoms with van der Waals surface area (Å²) < 4.78 is 5.30. The van der Waals surface area contributed by atoms with Crippen LogP contribution in [-0.2, 0) is 11.3 Å². The van der Waals surface area contributed by atoms with Gasteiger partial charge in [-0.25, -0.2) is 0 Å². The molecule has 0 saturated carbocycles. The molecule has 0 saturated heterocycles. The molecule has 5 N–H and O–H groups in total. The van der Waals surface area contributed by atoms with Gasteiger partial charge < -0.3 is 30.5 Å². The van der Waals surface area contributed by atoms with Crippen molar-refractivity contribution >= 4 is 0 Å². The zero-order valence-corrected chi connectivity index (χ0v) is 12.1. The molecule has 0 spiro atoms. The van der Waals surface area contributed by atoms with E-state index in [1.807, 2.05) is 20.8 Å². The third kappa shape index (κ3) is 5.64. The molecular weight excluding hydrogens is 262 g/mol. The van der Waals surface area contributed by atoms with Gasteiger partial charge in [0.1, 0.15) is 0 Å². The van der Waals surface area contributed by atoms with Crippen molar-refractivity contribution in [2.24, 2.45) is 0 Å². The first kappa shape index (κ1) is 16.6. The quantitative estimate of drug-likeness (QED) is 0.501. The van der Waals surface area contributed by atoms with Gasteiger partial charge in [0.05, 0.1) is 19.3 Å². The second kappa shape index (κ2) is 6.78. The van der Waals surface area contributed by atoms with Crippen molar-refractivity contribution in [2.75, 3.05) is 13.2 Å². The first-order valence-corrected chi connectivity index (χ1v) is 6.43. The monoisotopic (exact) mass is 285 g/mol. The number of phenolic OH excluding ortho intramolecular Hbond substituents is 3. The van der Waals surface area contributed by atoms with E-state index in [9.17, 15) is 20.4 Å². The summed E-state index contributed by atoms with van der Waals surface area (Å²) in [7, 11) is 0. The summed E-state index contributed by atoms with van der Waals surface area (Å²) in [6.07, 6.45) is -0.645. The molecule has 0 amide bonds. The maximum absolute atomic E-state index is 9.72. The summed E-state index contributed by atoms with van der Waals surface area (Å²) in [6, 6.07) is 2.60. The van der Waals surface area contributed by atoms with Gasteiger partial charge in [0.25, 0.3) is 0 Å². The van der Waals surface area contributed by atoms with Crippen LogP contribution >= 0.6 is 0 Å². The van der Waals surface area contributed by atoms with E-state index in [1.54, 1.807) is 0 Å². The Morgan fingerprint density at radius 3 is 2.20 bits per heavy atom. The number of rotatable bonds is 6. The highest BCUT2D eigenvalue weighted by Crippen LogP contribution is 2.35. The summed E-state index contributed by atoms with van der Waals surface area (Å²) >= 11 is 0. The molecule has 6 heteroatoms. The minimum Gasteiger partial charge on any atom is -0.504 e. The fourth-order valence-electron chi connectivity index (χ4n) is 1.54. The number of β-amino-alcohol motifs (C(OH)–C–C–N with tert-alkyl or cyclic N) is 1. The molecule has 1 atom stereocenters. The molecule has 0 bridgehead atoms. The van der Waals surface area contributed by atoms with Gasteiger partial charge >= 0.3 is 0 Å². The maximum Gasteiger partial charge on any atom is 0.200 e. The number of aromatic hydroxyl groups is 3. The number of hydrogen-bond donors (Lipinski definition) is 5. The molecule has 0 aliphatic heterocycles. The van der Waals surface area contributed by atoms with Crippen molar-refractivity contribution in [3.05, 3.63) is 17.7 Å². The third-order valence-electron chi connectivity index (χ3n) is 2.58. The van der Waals surface area contributed by atoms with Crippen LogP contribution in [0.2, 0.25) is 0 Å². The average Bonchev–Trinajstić information content (AvgIpc) is 2.32. The minimum atomic E-state index is -0.645. The molecule has 1 unspecified atom stereocenters. The zero-order chi connectivity index (χ0) is 15.3. The predicted molar refractivity (Wildman–Crippen MR) is 74.9 cm³/mol. The van der Waals surface area contributed by atoms with Gasteiger partial charge in [-0.05, 0) is 38.5 Å². The largest absolute Gasteiger partial charge is 0.504 e. The van der Waals surface area contributed by atoms with E-state index in [-0.39, 0.29) is 18.8 Å². The van der Waals surface area contributed by atoms with E-state index in [2.05, 4.69) is 5.32 Å². The lowest BCUT2D eigenvalue weighted by Gasteiger charge is -2.22. The van der Waals surface area contributed by atoms with Crippen LogP contribution in [-0.4, -0.2) is 45.2 Å². The van der Waals surface area contributed by atoms with Crippen molar-refractivity contribution in [3.63, 3.8) is 0 Å². The number of ether oxygens (including phenoxy) is 1. The van der Waals surface area contributed by atoms with Crippen molar-refractivity contribution in [1.82, 2.24) is 5.32 Å². The Kier molecular flexibility index (Phi) is 5.62. The second-order valence-electron chi connectivity index (χ2n) is 5.78. The van der Waals surface area contributed by atoms with Crippen LogP contribution in [0.5, 0.6) is 17.2 Å². The van der Waals surface area contributed by atoms with Crippen LogP contribution < -0.4 is 5.32 Å². The van der Waals surface area contributed by atoms with Gasteiger partial charge in [0.2, 0.25) is 0 Å². The van der Waals surface area contributed by atoms with Crippen molar-refractivity contribution in [3.8, 4) is 17.2 Å². The first-order chi connectivity index (χ1) is 9.19. The van der Waals surface area contributed by atoms with E-state index < -0.39 is 23.4 Å². The number of aliphatic hydroxyl groups excluding tert-OH is 1. The summed E-state index contributed by atoms with van der Waals surface area (Å²) in [4.78, 5) is 0. The summed E-state index contributed by atoms with van der Waals surface area (Å²) in [6.45, 7) is 6.67. The predicted octanol–water partition coefficient (Wildman–Crippen LogP) is 1.07. The Morgan fingerprint density at radius 1 is 1.15 bits per heavy atom. The lowest BCUT2D eigenvalue weighted by Crippen LogP contribution is -2.42. The highest BCUT2D eigenvalue weighted by atomic mass is 16.5. The van der Waals surface area contributed by atoms with E-state index >= 15 is 0 Å². The molecule has 0 heterocycles. The second-order valence-corrected chi connectivity index (χ2v) is 5.78. The van der Waals surface area contributed by atoms with Crippen LogP contribution in [0.25, 0.3) is 0 Å². The molecule has 0 aliphatic rings. The van der Waals surface area contributed by atoms with Crippen LogP contribution in [0.4, 0.5) is 0 Å². The van der Waals surface area contributed by atoms with Crippen molar-refractivity contribution in [1.29, 1.82) is 0 Å². The van der Waals surface area contributed by atoms with Crippen molar-refractivity contribution < 1.29 is 25.2 Å². The summed E-state index contributed by atoms with van der Waals surface area (Å²) in [5.74, 6) is -1.36. The van der Waals surface area contributed by atoms with Crippen LogP contribution in [0.15, 0.2) is 12.1 Å². The molecular formula is C14H23NO5. The number of benzene rings is 1. The molecule has 1 aromatic carbocycles. The van der Waals surface area contributed by atoms with Crippen LogP contribution in [0.3, 0.4) is 0 Å². The van der Waals surface area contributed by atoms with Gasteiger partial charge in [-0.15, -0.1) is 0 Å². The topological polar surface area (TPSA) is 102 Å². The lowest BCUT2D eigenvalue weighted by molar-refractivity contribution is 0.0260. The smallest absolute Gasteiger partial charge is 0.200 e. The van der Waals surface area contributed by atoms with Gasteiger partial charge in [-0.1, -0.05) is 0 Å². The molecule has 114 valence electrons. The van der Waals surface area contributed by atoms with E-state index in [1.165, 1.54) is 12.1 Å². The molecule has 1 aromatic rings. The Morgan fingerprint density at radius 2 is 1.70 bits per heavy atom. The zero-order valence-electron chi connectivity index (χ0n) is 12.1. The Balaban J connectivity index is 2.37. The molecule has 0 aromatic heterocycles. The number of aliphatic hydroxyl groups is 1. The Hall–Kier alpha value is -1.50. The van der Waals surface area contributed by atoms with E-state index in [0.29, 0.717) is 12.1 Å². The average molecular weight is 285 g/mol. The molecule has 0 aliphatic carbocycles. The minimum absolute atomic E-state index is 0.0739. The van der Waals surface area contributed by atoms with Gasteiger partial charge in [0, 0.05) is 12.1 Å². The highest BCUT2D eigenvalue weighted by Gasteiger charge is 2.13. The third-order valence-corrected chi connectivity index (χ3v) is 2.58. The Labute approximate surface area is 118 Å². The maximum atomic E-state index is 9.72. The van der Waals surface area contributed by atoms with E-state index in [0.717, 1.165) is 0 Å². The van der Waals surface area contributed by atoms with Gasteiger partial charge in [-0.2, -0.15) is 0 Å². The molecule has 0 fully saturated rings. The number of phenols is 3. The molecule has 0 radical (unpaired) electrons. The lowest BCUT2D eigenvalue weighted by atomic mass is 10.1. The molecule has 6 nitrogen and oxygen atoms in total. The van der Waals surface area contributed by atoms with Gasteiger partial charge in [0.15, 0.2) is 17.2 Å². The fourth-order valence-corrected chi connectivity index (χ4v) is 1.54. The summed E-state index contributed by atoms with van der Waals surface area (Å²) in [5.41, 5.74) is 0.434. The normalized spacial score (nSPS) is 13.4. The molecule has 1 rings (SSSR count). The highest BCUT2D eigenvalue weighted by molar-refractivity contribution is 5.50.